The second-order valence-corrected chi connectivity index (χ2v) is 4.52. The lowest BCUT2D eigenvalue weighted by atomic mass is 10.3. The molecule has 0 fully saturated rings. The van der Waals surface area contributed by atoms with Crippen LogP contribution in [0.2, 0.25) is 0 Å². The SMILES string of the molecule is Oc1ccc(Oc2ccnc(Oc3ccc(O)cc3)c2)cc1. The van der Waals surface area contributed by atoms with Gasteiger partial charge in [0.15, 0.2) is 0 Å². The number of phenols is 2. The molecule has 110 valence electrons. The van der Waals surface area contributed by atoms with Gasteiger partial charge in [0.2, 0.25) is 5.88 Å². The average Bonchev–Trinajstić information content (AvgIpc) is 2.52. The minimum atomic E-state index is 0.171. The van der Waals surface area contributed by atoms with Crippen molar-refractivity contribution in [2.24, 2.45) is 0 Å². The number of ether oxygens (including phenoxy) is 2. The summed E-state index contributed by atoms with van der Waals surface area (Å²) in [6.45, 7) is 0. The maximum atomic E-state index is 9.25. The van der Waals surface area contributed by atoms with E-state index >= 15 is 0 Å². The van der Waals surface area contributed by atoms with E-state index in [1.165, 1.54) is 12.1 Å². The molecule has 2 aromatic carbocycles. The van der Waals surface area contributed by atoms with Crippen molar-refractivity contribution in [2.45, 2.75) is 0 Å². The Morgan fingerprint density at radius 3 is 1.77 bits per heavy atom. The van der Waals surface area contributed by atoms with Gasteiger partial charge in [-0.3, -0.25) is 0 Å². The molecular formula is C17H13NO4. The number of hydrogen-bond donors (Lipinski definition) is 2. The fourth-order valence-corrected chi connectivity index (χ4v) is 1.80. The van der Waals surface area contributed by atoms with Gasteiger partial charge in [-0.2, -0.15) is 0 Å². The molecule has 2 N–H and O–H groups in total. The molecule has 3 aromatic rings. The molecule has 0 aliphatic rings. The number of hydrogen-bond acceptors (Lipinski definition) is 5. The Morgan fingerprint density at radius 1 is 0.636 bits per heavy atom. The minimum Gasteiger partial charge on any atom is -0.508 e. The number of nitrogens with zero attached hydrogens (tertiary/aromatic N) is 1. The third kappa shape index (κ3) is 3.46. The van der Waals surface area contributed by atoms with Crippen LogP contribution in [-0.4, -0.2) is 15.2 Å². The first-order valence-corrected chi connectivity index (χ1v) is 6.59. The lowest BCUT2D eigenvalue weighted by Crippen LogP contribution is -1.89. The number of phenolic OH excluding ortho intramolecular Hbond substituents is 2. The van der Waals surface area contributed by atoms with Gasteiger partial charge >= 0.3 is 0 Å². The van der Waals surface area contributed by atoms with Crippen LogP contribution in [0.4, 0.5) is 0 Å². The number of aromatic hydroxyl groups is 2. The molecule has 0 aliphatic heterocycles. The summed E-state index contributed by atoms with van der Waals surface area (Å²) in [5, 5.41) is 18.5. The van der Waals surface area contributed by atoms with E-state index in [1.807, 2.05) is 0 Å². The molecule has 0 aliphatic carbocycles. The predicted molar refractivity (Wildman–Crippen MR) is 80.6 cm³/mol. The first-order chi connectivity index (χ1) is 10.7. The zero-order valence-corrected chi connectivity index (χ0v) is 11.5. The number of pyridine rings is 1. The first-order valence-electron chi connectivity index (χ1n) is 6.59. The first kappa shape index (κ1) is 13.8. The molecule has 0 atom stereocenters. The molecule has 0 amide bonds. The quantitative estimate of drug-likeness (QED) is 0.759. The van der Waals surface area contributed by atoms with Crippen molar-refractivity contribution < 1.29 is 19.7 Å². The van der Waals surface area contributed by atoms with Gasteiger partial charge in [-0.1, -0.05) is 0 Å². The third-order valence-electron chi connectivity index (χ3n) is 2.84. The molecule has 3 rings (SSSR count). The molecular weight excluding hydrogens is 282 g/mol. The van der Waals surface area contributed by atoms with Gasteiger partial charge in [-0.05, 0) is 54.6 Å². The summed E-state index contributed by atoms with van der Waals surface area (Å²) >= 11 is 0. The number of benzene rings is 2. The highest BCUT2D eigenvalue weighted by molar-refractivity contribution is 5.37. The van der Waals surface area contributed by atoms with Crippen molar-refractivity contribution >= 4 is 0 Å². The van der Waals surface area contributed by atoms with E-state index in [4.69, 9.17) is 9.47 Å². The predicted octanol–water partition coefficient (Wildman–Crippen LogP) is 4.08. The Morgan fingerprint density at radius 2 is 1.18 bits per heavy atom. The molecule has 0 bridgehead atoms. The van der Waals surface area contributed by atoms with E-state index in [2.05, 4.69) is 4.98 Å². The zero-order chi connectivity index (χ0) is 15.4. The van der Waals surface area contributed by atoms with Crippen LogP contribution in [-0.2, 0) is 0 Å². The monoisotopic (exact) mass is 295 g/mol. The van der Waals surface area contributed by atoms with Crippen LogP contribution in [0.25, 0.3) is 0 Å². The summed E-state index contributed by atoms with van der Waals surface area (Å²) in [6.07, 6.45) is 1.57. The smallest absolute Gasteiger partial charge is 0.222 e. The van der Waals surface area contributed by atoms with Crippen LogP contribution in [0, 0.1) is 0 Å². The minimum absolute atomic E-state index is 0.171. The Kier molecular flexibility index (Phi) is 3.78. The zero-order valence-electron chi connectivity index (χ0n) is 11.5. The van der Waals surface area contributed by atoms with Crippen molar-refractivity contribution in [3.05, 3.63) is 66.9 Å². The normalized spacial score (nSPS) is 10.2. The van der Waals surface area contributed by atoms with Crippen molar-refractivity contribution in [3.63, 3.8) is 0 Å². The van der Waals surface area contributed by atoms with Crippen molar-refractivity contribution in [2.75, 3.05) is 0 Å². The van der Waals surface area contributed by atoms with Crippen LogP contribution in [0.5, 0.6) is 34.6 Å². The van der Waals surface area contributed by atoms with E-state index in [0.29, 0.717) is 23.1 Å². The molecule has 0 unspecified atom stereocenters. The summed E-state index contributed by atoms with van der Waals surface area (Å²) in [5.74, 6) is 2.45. The topological polar surface area (TPSA) is 71.8 Å². The highest BCUT2D eigenvalue weighted by Gasteiger charge is 2.03. The highest BCUT2D eigenvalue weighted by atomic mass is 16.5. The van der Waals surface area contributed by atoms with Gasteiger partial charge in [0.05, 0.1) is 0 Å². The third-order valence-corrected chi connectivity index (χ3v) is 2.84. The highest BCUT2D eigenvalue weighted by Crippen LogP contribution is 2.27. The van der Waals surface area contributed by atoms with Crippen LogP contribution in [0.15, 0.2) is 66.9 Å². The van der Waals surface area contributed by atoms with Gasteiger partial charge in [0.25, 0.3) is 0 Å². The summed E-state index contributed by atoms with van der Waals surface area (Å²) in [7, 11) is 0. The van der Waals surface area contributed by atoms with Gasteiger partial charge in [0.1, 0.15) is 28.7 Å². The fraction of sp³-hybridized carbons (Fsp3) is 0. The van der Waals surface area contributed by atoms with Crippen molar-refractivity contribution in [1.82, 2.24) is 4.98 Å². The maximum Gasteiger partial charge on any atom is 0.222 e. The number of aromatic nitrogens is 1. The lowest BCUT2D eigenvalue weighted by Gasteiger charge is -2.08. The lowest BCUT2D eigenvalue weighted by molar-refractivity contribution is 0.441. The van der Waals surface area contributed by atoms with Crippen LogP contribution in [0.3, 0.4) is 0 Å². The largest absolute Gasteiger partial charge is 0.508 e. The molecule has 0 saturated heterocycles. The molecule has 0 radical (unpaired) electrons. The van der Waals surface area contributed by atoms with Crippen molar-refractivity contribution in [1.29, 1.82) is 0 Å². The maximum absolute atomic E-state index is 9.25. The molecule has 22 heavy (non-hydrogen) atoms. The molecule has 1 aromatic heterocycles. The van der Waals surface area contributed by atoms with E-state index in [9.17, 15) is 10.2 Å². The Labute approximate surface area is 127 Å². The summed E-state index contributed by atoms with van der Waals surface area (Å²) in [4.78, 5) is 4.11. The van der Waals surface area contributed by atoms with Gasteiger partial charge in [-0.25, -0.2) is 4.98 Å². The molecule has 1 heterocycles. The van der Waals surface area contributed by atoms with Crippen molar-refractivity contribution in [3.8, 4) is 34.6 Å². The van der Waals surface area contributed by atoms with Crippen LogP contribution in [0.1, 0.15) is 0 Å². The van der Waals surface area contributed by atoms with Crippen LogP contribution >= 0.6 is 0 Å². The van der Waals surface area contributed by atoms with E-state index < -0.39 is 0 Å². The summed E-state index contributed by atoms with van der Waals surface area (Å²) < 4.78 is 11.2. The Balaban J connectivity index is 1.74. The van der Waals surface area contributed by atoms with Gasteiger partial charge < -0.3 is 19.7 Å². The Bertz CT molecular complexity index is 692. The van der Waals surface area contributed by atoms with E-state index in [1.54, 1.807) is 54.7 Å². The van der Waals surface area contributed by atoms with Crippen LogP contribution < -0.4 is 9.47 Å². The second kappa shape index (κ2) is 6.05. The van der Waals surface area contributed by atoms with E-state index in [-0.39, 0.29) is 11.5 Å². The molecule has 5 nitrogen and oxygen atoms in total. The Hall–Kier alpha value is -3.21. The molecule has 5 heteroatoms. The molecule has 0 spiro atoms. The van der Waals surface area contributed by atoms with Gasteiger partial charge in [0, 0.05) is 12.3 Å². The fourth-order valence-electron chi connectivity index (χ4n) is 1.80. The van der Waals surface area contributed by atoms with E-state index in [0.717, 1.165) is 0 Å². The summed E-state index contributed by atoms with van der Waals surface area (Å²) in [6, 6.07) is 16.1. The molecule has 0 saturated carbocycles. The summed E-state index contributed by atoms with van der Waals surface area (Å²) in [5.41, 5.74) is 0. The average molecular weight is 295 g/mol. The second-order valence-electron chi connectivity index (χ2n) is 4.52. The number of rotatable bonds is 4. The standard InChI is InChI=1S/C17H13NO4/c19-12-1-5-14(6-2-12)21-16-9-10-18-17(11-16)22-15-7-3-13(20)4-8-15/h1-11,19-20H. The van der Waals surface area contributed by atoms with Gasteiger partial charge in [-0.15, -0.1) is 0 Å².